The Balaban J connectivity index is 2.15. The van der Waals surface area contributed by atoms with Crippen LogP contribution in [0.5, 0.6) is 0 Å². The van der Waals surface area contributed by atoms with Gasteiger partial charge in [0.15, 0.2) is 0 Å². The minimum absolute atomic E-state index is 0.552. The van der Waals surface area contributed by atoms with E-state index in [-0.39, 0.29) is 0 Å². The molecule has 0 bridgehead atoms. The quantitative estimate of drug-likeness (QED) is 0.865. The second-order valence-corrected chi connectivity index (χ2v) is 5.57. The highest BCUT2D eigenvalue weighted by Gasteiger charge is 2.17. The van der Waals surface area contributed by atoms with Gasteiger partial charge in [-0.05, 0) is 55.5 Å². The van der Waals surface area contributed by atoms with E-state index in [1.54, 1.807) is 0 Å². The van der Waals surface area contributed by atoms with Crippen molar-refractivity contribution in [1.82, 2.24) is 10.3 Å². The maximum Gasteiger partial charge on any atom is 0.0437 e. The minimum Gasteiger partial charge on any atom is -0.317 e. The van der Waals surface area contributed by atoms with Crippen LogP contribution in [0.4, 0.5) is 0 Å². The lowest BCUT2D eigenvalue weighted by Gasteiger charge is -2.24. The lowest BCUT2D eigenvalue weighted by Crippen LogP contribution is -2.26. The van der Waals surface area contributed by atoms with Crippen LogP contribution in [0.3, 0.4) is 0 Å². The van der Waals surface area contributed by atoms with Gasteiger partial charge in [-0.3, -0.25) is 4.98 Å². The first-order valence-electron chi connectivity index (χ1n) is 6.85. The van der Waals surface area contributed by atoms with Crippen LogP contribution in [-0.2, 0) is 0 Å². The molecule has 2 heterocycles. The summed E-state index contributed by atoms with van der Waals surface area (Å²) < 4.78 is 0. The number of rotatable bonds is 3. The van der Waals surface area contributed by atoms with Gasteiger partial charge in [0, 0.05) is 17.8 Å². The first-order chi connectivity index (χ1) is 8.18. The summed E-state index contributed by atoms with van der Waals surface area (Å²) in [6.45, 7) is 9.12. The summed E-state index contributed by atoms with van der Waals surface area (Å²) in [5.41, 5.74) is 2.75. The molecule has 2 nitrogen and oxygen atoms in total. The van der Waals surface area contributed by atoms with Gasteiger partial charge in [-0.25, -0.2) is 0 Å². The van der Waals surface area contributed by atoms with Crippen LogP contribution >= 0.6 is 0 Å². The van der Waals surface area contributed by atoms with Gasteiger partial charge < -0.3 is 5.32 Å². The summed E-state index contributed by atoms with van der Waals surface area (Å²) in [5.74, 6) is 1.94. The maximum atomic E-state index is 4.54. The van der Waals surface area contributed by atoms with Crippen LogP contribution in [0, 0.1) is 5.92 Å². The molecule has 2 heteroatoms. The summed E-state index contributed by atoms with van der Waals surface area (Å²) in [6, 6.07) is 4.53. The zero-order valence-electron chi connectivity index (χ0n) is 11.2. The Morgan fingerprint density at radius 1 is 1.24 bits per heavy atom. The second kappa shape index (κ2) is 5.63. The van der Waals surface area contributed by atoms with E-state index >= 15 is 0 Å². The third kappa shape index (κ3) is 3.06. The summed E-state index contributed by atoms with van der Waals surface area (Å²) in [5, 5.41) is 3.42. The van der Waals surface area contributed by atoms with E-state index in [0.717, 1.165) is 19.0 Å². The van der Waals surface area contributed by atoms with Crippen molar-refractivity contribution < 1.29 is 0 Å². The molecule has 0 aromatic carbocycles. The largest absolute Gasteiger partial charge is 0.317 e. The molecule has 0 aliphatic carbocycles. The molecule has 2 rings (SSSR count). The maximum absolute atomic E-state index is 4.54. The van der Waals surface area contributed by atoms with Gasteiger partial charge >= 0.3 is 0 Å². The van der Waals surface area contributed by atoms with Crippen molar-refractivity contribution >= 4 is 0 Å². The molecule has 17 heavy (non-hydrogen) atoms. The van der Waals surface area contributed by atoms with E-state index in [2.05, 4.69) is 43.2 Å². The lowest BCUT2D eigenvalue weighted by atomic mass is 9.87. The molecule has 0 radical (unpaired) electrons. The zero-order valence-corrected chi connectivity index (χ0v) is 11.2. The Kier molecular flexibility index (Phi) is 4.16. The van der Waals surface area contributed by atoms with Crippen LogP contribution in [0.1, 0.15) is 56.7 Å². The lowest BCUT2D eigenvalue weighted by molar-refractivity contribution is 0.458. The number of pyridine rings is 1. The molecule has 1 saturated heterocycles. The van der Waals surface area contributed by atoms with Crippen LogP contribution in [-0.4, -0.2) is 18.1 Å². The van der Waals surface area contributed by atoms with Crippen molar-refractivity contribution in [3.8, 4) is 0 Å². The fourth-order valence-electron chi connectivity index (χ4n) is 2.47. The number of piperidine rings is 1. The van der Waals surface area contributed by atoms with Gasteiger partial charge in [0.1, 0.15) is 0 Å². The Morgan fingerprint density at radius 3 is 2.59 bits per heavy atom. The minimum atomic E-state index is 0.552. The van der Waals surface area contributed by atoms with E-state index in [0.29, 0.717) is 11.8 Å². The van der Waals surface area contributed by atoms with E-state index < -0.39 is 0 Å². The first-order valence-corrected chi connectivity index (χ1v) is 6.85. The molecular weight excluding hydrogens is 208 g/mol. The average Bonchev–Trinajstić information content (AvgIpc) is 2.39. The third-order valence-electron chi connectivity index (χ3n) is 4.08. The second-order valence-electron chi connectivity index (χ2n) is 5.57. The highest BCUT2D eigenvalue weighted by Crippen LogP contribution is 2.28. The number of aromatic nitrogens is 1. The molecule has 1 aromatic rings. The first kappa shape index (κ1) is 12.6. The molecule has 1 aliphatic heterocycles. The van der Waals surface area contributed by atoms with Crippen molar-refractivity contribution in [2.75, 3.05) is 13.1 Å². The van der Waals surface area contributed by atoms with Crippen LogP contribution in [0.25, 0.3) is 0 Å². The van der Waals surface area contributed by atoms with E-state index in [1.807, 2.05) is 6.20 Å². The fourth-order valence-corrected chi connectivity index (χ4v) is 2.47. The van der Waals surface area contributed by atoms with Crippen LogP contribution < -0.4 is 5.32 Å². The van der Waals surface area contributed by atoms with E-state index in [9.17, 15) is 0 Å². The third-order valence-corrected chi connectivity index (χ3v) is 4.08. The van der Waals surface area contributed by atoms with Gasteiger partial charge in [-0.15, -0.1) is 0 Å². The molecule has 0 spiro atoms. The standard InChI is InChI=1S/C15H24N2/c1-11(2)12(3)15-10-14(6-9-17-15)13-4-7-16-8-5-13/h6,9-13,16H,4-5,7-8H2,1-3H3. The summed E-state index contributed by atoms with van der Waals surface area (Å²) >= 11 is 0. The highest BCUT2D eigenvalue weighted by molar-refractivity contribution is 5.23. The molecule has 94 valence electrons. The van der Waals surface area contributed by atoms with Gasteiger partial charge in [-0.2, -0.15) is 0 Å². The van der Waals surface area contributed by atoms with Gasteiger partial charge in [0.05, 0.1) is 0 Å². The SMILES string of the molecule is CC(C)C(C)c1cc(C2CCNCC2)ccn1. The summed E-state index contributed by atoms with van der Waals surface area (Å²) in [4.78, 5) is 4.54. The normalized spacial score (nSPS) is 19.5. The highest BCUT2D eigenvalue weighted by atomic mass is 14.9. The van der Waals surface area contributed by atoms with Gasteiger partial charge in [0.2, 0.25) is 0 Å². The Bertz CT molecular complexity index is 354. The monoisotopic (exact) mass is 232 g/mol. The van der Waals surface area contributed by atoms with Crippen molar-refractivity contribution in [2.45, 2.75) is 45.4 Å². The predicted molar refractivity (Wildman–Crippen MR) is 72.3 cm³/mol. The fraction of sp³-hybridized carbons (Fsp3) is 0.667. The molecule has 1 aromatic heterocycles. The predicted octanol–water partition coefficient (Wildman–Crippen LogP) is 3.31. The zero-order chi connectivity index (χ0) is 12.3. The molecule has 0 amide bonds. The number of hydrogen-bond acceptors (Lipinski definition) is 2. The van der Waals surface area contributed by atoms with Gasteiger partial charge in [0.25, 0.3) is 0 Å². The molecule has 1 aliphatic rings. The Labute approximate surface area is 105 Å². The van der Waals surface area contributed by atoms with E-state index in [4.69, 9.17) is 0 Å². The van der Waals surface area contributed by atoms with Crippen molar-refractivity contribution in [2.24, 2.45) is 5.92 Å². The molecule has 0 saturated carbocycles. The number of nitrogens with one attached hydrogen (secondary N) is 1. The molecule has 1 fully saturated rings. The average molecular weight is 232 g/mol. The molecule has 1 unspecified atom stereocenters. The topological polar surface area (TPSA) is 24.9 Å². The molecular formula is C15H24N2. The Morgan fingerprint density at radius 2 is 1.94 bits per heavy atom. The van der Waals surface area contributed by atoms with Crippen molar-refractivity contribution in [3.63, 3.8) is 0 Å². The Hall–Kier alpha value is -0.890. The van der Waals surface area contributed by atoms with Gasteiger partial charge in [-0.1, -0.05) is 20.8 Å². The summed E-state index contributed by atoms with van der Waals surface area (Å²) in [6.07, 6.45) is 4.52. The smallest absolute Gasteiger partial charge is 0.0437 e. The van der Waals surface area contributed by atoms with Crippen LogP contribution in [0.2, 0.25) is 0 Å². The number of hydrogen-bond donors (Lipinski definition) is 1. The summed E-state index contributed by atoms with van der Waals surface area (Å²) in [7, 11) is 0. The van der Waals surface area contributed by atoms with Crippen molar-refractivity contribution in [1.29, 1.82) is 0 Å². The molecule has 1 N–H and O–H groups in total. The van der Waals surface area contributed by atoms with Crippen LogP contribution in [0.15, 0.2) is 18.3 Å². The van der Waals surface area contributed by atoms with E-state index in [1.165, 1.54) is 24.1 Å². The van der Waals surface area contributed by atoms with Crippen molar-refractivity contribution in [3.05, 3.63) is 29.6 Å². The molecule has 1 atom stereocenters. The number of nitrogens with zero attached hydrogens (tertiary/aromatic N) is 1.